The first-order valence-corrected chi connectivity index (χ1v) is 5.20. The maximum Gasteiger partial charge on any atom is 0.354 e. The van der Waals surface area contributed by atoms with Crippen molar-refractivity contribution in [1.82, 2.24) is 0 Å². The zero-order chi connectivity index (χ0) is 11.6. The number of hydrogen-bond acceptors (Lipinski definition) is 3. The predicted molar refractivity (Wildman–Crippen MR) is 59.4 cm³/mol. The first-order chi connectivity index (χ1) is 7.70. The van der Waals surface area contributed by atoms with E-state index < -0.39 is 11.4 Å². The lowest BCUT2D eigenvalue weighted by Gasteiger charge is -2.25. The van der Waals surface area contributed by atoms with Crippen molar-refractivity contribution >= 4 is 11.7 Å². The van der Waals surface area contributed by atoms with E-state index in [0.717, 1.165) is 5.56 Å². The Morgan fingerprint density at radius 2 is 2.19 bits per heavy atom. The standard InChI is InChI=1S/C12H13NO3/c1-2-12(9-6-4-3-5-7-9)8-16-13-10(12)11(14)15/h3-7H,2,8H2,1H3,(H,14,15). The molecule has 0 saturated carbocycles. The highest BCUT2D eigenvalue weighted by Gasteiger charge is 2.45. The first-order valence-electron chi connectivity index (χ1n) is 5.20. The van der Waals surface area contributed by atoms with Gasteiger partial charge in [0.15, 0.2) is 5.71 Å². The van der Waals surface area contributed by atoms with Crippen LogP contribution in [0.4, 0.5) is 0 Å². The van der Waals surface area contributed by atoms with Crippen molar-refractivity contribution in [3.05, 3.63) is 35.9 Å². The summed E-state index contributed by atoms with van der Waals surface area (Å²) in [7, 11) is 0. The van der Waals surface area contributed by atoms with Crippen LogP contribution in [0.2, 0.25) is 0 Å². The summed E-state index contributed by atoms with van der Waals surface area (Å²) in [5.41, 5.74) is 0.435. The number of carboxylic acid groups (broad SMARTS) is 1. The summed E-state index contributed by atoms with van der Waals surface area (Å²) in [6.07, 6.45) is 0.655. The van der Waals surface area contributed by atoms with Gasteiger partial charge < -0.3 is 9.94 Å². The maximum atomic E-state index is 11.1. The molecular weight excluding hydrogens is 206 g/mol. The van der Waals surface area contributed by atoms with Gasteiger partial charge in [-0.2, -0.15) is 0 Å². The van der Waals surface area contributed by atoms with Crippen LogP contribution in [-0.2, 0) is 15.0 Å². The number of nitrogens with zero attached hydrogens (tertiary/aromatic N) is 1. The Kier molecular flexibility index (Phi) is 2.64. The molecule has 1 aliphatic rings. The van der Waals surface area contributed by atoms with Crippen molar-refractivity contribution in [2.45, 2.75) is 18.8 Å². The van der Waals surface area contributed by atoms with Crippen molar-refractivity contribution in [2.24, 2.45) is 5.16 Å². The second-order valence-electron chi connectivity index (χ2n) is 3.82. The third-order valence-corrected chi connectivity index (χ3v) is 3.05. The summed E-state index contributed by atoms with van der Waals surface area (Å²) in [5, 5.41) is 12.8. The molecule has 0 spiro atoms. The van der Waals surface area contributed by atoms with E-state index in [1.54, 1.807) is 0 Å². The number of hydrogen-bond donors (Lipinski definition) is 1. The van der Waals surface area contributed by atoms with Gasteiger partial charge in [-0.1, -0.05) is 42.4 Å². The van der Waals surface area contributed by atoms with Gasteiger partial charge in [0.1, 0.15) is 6.61 Å². The Bertz CT molecular complexity index is 427. The average Bonchev–Trinajstić information content (AvgIpc) is 2.75. The quantitative estimate of drug-likeness (QED) is 0.843. The number of aliphatic carboxylic acids is 1. The van der Waals surface area contributed by atoms with E-state index >= 15 is 0 Å². The third-order valence-electron chi connectivity index (χ3n) is 3.05. The Hall–Kier alpha value is -1.84. The number of rotatable bonds is 3. The summed E-state index contributed by atoms with van der Waals surface area (Å²) in [5.74, 6) is -1.01. The van der Waals surface area contributed by atoms with Crippen LogP contribution >= 0.6 is 0 Å². The Morgan fingerprint density at radius 3 is 2.75 bits per heavy atom. The number of oxime groups is 1. The van der Waals surface area contributed by atoms with Crippen LogP contribution in [-0.4, -0.2) is 23.4 Å². The third kappa shape index (κ3) is 1.46. The van der Waals surface area contributed by atoms with E-state index in [1.807, 2.05) is 37.3 Å². The molecule has 1 unspecified atom stereocenters. The molecular formula is C12H13NO3. The molecule has 0 amide bonds. The van der Waals surface area contributed by atoms with Gasteiger partial charge in [0.2, 0.25) is 0 Å². The lowest BCUT2D eigenvalue weighted by atomic mass is 9.75. The molecule has 2 rings (SSSR count). The molecule has 4 nitrogen and oxygen atoms in total. The molecule has 0 aliphatic carbocycles. The van der Waals surface area contributed by atoms with Crippen LogP contribution < -0.4 is 0 Å². The molecule has 1 heterocycles. The van der Waals surface area contributed by atoms with Gasteiger partial charge in [-0.25, -0.2) is 4.79 Å². The summed E-state index contributed by atoms with van der Waals surface area (Å²) in [6, 6.07) is 9.52. The Morgan fingerprint density at radius 1 is 1.50 bits per heavy atom. The second-order valence-corrected chi connectivity index (χ2v) is 3.82. The molecule has 1 N–H and O–H groups in total. The van der Waals surface area contributed by atoms with E-state index in [1.165, 1.54) is 0 Å². The molecule has 16 heavy (non-hydrogen) atoms. The lowest BCUT2D eigenvalue weighted by molar-refractivity contribution is -0.129. The summed E-state index contributed by atoms with van der Waals surface area (Å²) < 4.78 is 0. The molecule has 1 aromatic rings. The van der Waals surface area contributed by atoms with Crippen LogP contribution in [0.3, 0.4) is 0 Å². The molecule has 0 radical (unpaired) electrons. The smallest absolute Gasteiger partial charge is 0.354 e. The fraction of sp³-hybridized carbons (Fsp3) is 0.333. The minimum atomic E-state index is -1.01. The SMILES string of the molecule is CCC1(c2ccccc2)CON=C1C(=O)O. The highest BCUT2D eigenvalue weighted by molar-refractivity contribution is 6.39. The van der Waals surface area contributed by atoms with E-state index in [-0.39, 0.29) is 5.71 Å². The summed E-state index contributed by atoms with van der Waals surface area (Å²) in [4.78, 5) is 16.1. The van der Waals surface area contributed by atoms with E-state index in [4.69, 9.17) is 9.94 Å². The second kappa shape index (κ2) is 3.96. The molecule has 0 aromatic heterocycles. The van der Waals surface area contributed by atoms with Crippen molar-refractivity contribution in [3.8, 4) is 0 Å². The van der Waals surface area contributed by atoms with Crippen LogP contribution in [0.15, 0.2) is 35.5 Å². The van der Waals surface area contributed by atoms with Gasteiger partial charge in [-0.15, -0.1) is 0 Å². The van der Waals surface area contributed by atoms with Crippen molar-refractivity contribution in [2.75, 3.05) is 6.61 Å². The highest BCUT2D eigenvalue weighted by atomic mass is 16.6. The van der Waals surface area contributed by atoms with Crippen LogP contribution in [0.25, 0.3) is 0 Å². The van der Waals surface area contributed by atoms with E-state index in [2.05, 4.69) is 5.16 Å². The minimum absolute atomic E-state index is 0.0983. The molecule has 0 bridgehead atoms. The minimum Gasteiger partial charge on any atom is -0.477 e. The Labute approximate surface area is 93.5 Å². The van der Waals surface area contributed by atoms with Crippen molar-refractivity contribution < 1.29 is 14.7 Å². The molecule has 0 fully saturated rings. The maximum absolute atomic E-state index is 11.1. The zero-order valence-corrected chi connectivity index (χ0v) is 9.01. The lowest BCUT2D eigenvalue weighted by Crippen LogP contribution is -2.39. The van der Waals surface area contributed by atoms with Gasteiger partial charge in [-0.05, 0) is 12.0 Å². The van der Waals surface area contributed by atoms with E-state index in [0.29, 0.717) is 13.0 Å². The topological polar surface area (TPSA) is 58.9 Å². The molecule has 0 saturated heterocycles. The van der Waals surface area contributed by atoms with Gasteiger partial charge in [0.05, 0.1) is 5.41 Å². The fourth-order valence-electron chi connectivity index (χ4n) is 2.06. The molecule has 4 heteroatoms. The highest BCUT2D eigenvalue weighted by Crippen LogP contribution is 2.34. The van der Waals surface area contributed by atoms with Crippen molar-refractivity contribution in [1.29, 1.82) is 0 Å². The number of benzene rings is 1. The number of carboxylic acids is 1. The normalized spacial score (nSPS) is 23.7. The Balaban J connectivity index is 2.49. The summed E-state index contributed by atoms with van der Waals surface area (Å²) >= 11 is 0. The molecule has 1 atom stereocenters. The van der Waals surface area contributed by atoms with Crippen LogP contribution in [0, 0.1) is 0 Å². The van der Waals surface area contributed by atoms with Gasteiger partial charge >= 0.3 is 5.97 Å². The average molecular weight is 219 g/mol. The largest absolute Gasteiger partial charge is 0.477 e. The zero-order valence-electron chi connectivity index (χ0n) is 9.01. The monoisotopic (exact) mass is 219 g/mol. The van der Waals surface area contributed by atoms with Crippen LogP contribution in [0.1, 0.15) is 18.9 Å². The van der Waals surface area contributed by atoms with Crippen molar-refractivity contribution in [3.63, 3.8) is 0 Å². The first kappa shape index (κ1) is 10.7. The van der Waals surface area contributed by atoms with E-state index in [9.17, 15) is 4.79 Å². The van der Waals surface area contributed by atoms with Gasteiger partial charge in [0, 0.05) is 0 Å². The number of carbonyl (C=O) groups is 1. The molecule has 1 aliphatic heterocycles. The van der Waals surface area contributed by atoms with Gasteiger partial charge in [0.25, 0.3) is 0 Å². The molecule has 84 valence electrons. The molecule has 1 aromatic carbocycles. The summed E-state index contributed by atoms with van der Waals surface area (Å²) in [6.45, 7) is 2.25. The van der Waals surface area contributed by atoms with Crippen LogP contribution in [0.5, 0.6) is 0 Å². The van der Waals surface area contributed by atoms with Gasteiger partial charge in [-0.3, -0.25) is 0 Å². The fourth-order valence-corrected chi connectivity index (χ4v) is 2.06. The predicted octanol–water partition coefficient (Wildman–Crippen LogP) is 1.81.